The predicted molar refractivity (Wildman–Crippen MR) is 59.9 cm³/mol. The van der Waals surface area contributed by atoms with Crippen molar-refractivity contribution in [1.29, 1.82) is 0 Å². The maximum absolute atomic E-state index is 11.4. The van der Waals surface area contributed by atoms with Crippen molar-refractivity contribution in [3.63, 3.8) is 0 Å². The van der Waals surface area contributed by atoms with Crippen LogP contribution in [0.25, 0.3) is 0 Å². The van der Waals surface area contributed by atoms with Gasteiger partial charge in [0, 0.05) is 0 Å². The molecule has 0 bridgehead atoms. The Balaban J connectivity index is 4.06. The zero-order chi connectivity index (χ0) is 13.0. The van der Waals surface area contributed by atoms with E-state index in [1.807, 2.05) is 21.1 Å². The summed E-state index contributed by atoms with van der Waals surface area (Å²) < 4.78 is 21.4. The normalized spacial score (nSPS) is 17.9. The molecular weight excluding hydrogens is 233 g/mol. The SMILES string of the molecule is CC(=O)C(C)OP(=O)(O)OCC[N+](C)(C)C. The third-order valence-corrected chi connectivity index (χ3v) is 2.97. The van der Waals surface area contributed by atoms with Gasteiger partial charge in [-0.3, -0.25) is 13.8 Å². The molecule has 0 aliphatic heterocycles. The molecule has 0 amide bonds. The third-order valence-electron chi connectivity index (χ3n) is 1.88. The Hall–Kier alpha value is -0.260. The molecule has 0 saturated carbocycles. The molecule has 0 aliphatic carbocycles. The van der Waals surface area contributed by atoms with Gasteiger partial charge in [0.25, 0.3) is 0 Å². The van der Waals surface area contributed by atoms with Gasteiger partial charge in [-0.05, 0) is 13.8 Å². The fourth-order valence-corrected chi connectivity index (χ4v) is 1.66. The van der Waals surface area contributed by atoms with E-state index in [1.54, 1.807) is 0 Å². The first-order valence-corrected chi connectivity index (χ1v) is 6.50. The molecule has 0 saturated heterocycles. The first-order valence-electron chi connectivity index (χ1n) is 5.00. The topological polar surface area (TPSA) is 72.8 Å². The summed E-state index contributed by atoms with van der Waals surface area (Å²) in [5.41, 5.74) is 0. The van der Waals surface area contributed by atoms with E-state index in [2.05, 4.69) is 4.52 Å². The highest BCUT2D eigenvalue weighted by molar-refractivity contribution is 7.47. The van der Waals surface area contributed by atoms with Crippen molar-refractivity contribution in [2.75, 3.05) is 34.3 Å². The van der Waals surface area contributed by atoms with Crippen LogP contribution in [0.4, 0.5) is 0 Å². The van der Waals surface area contributed by atoms with Gasteiger partial charge in [0.1, 0.15) is 19.3 Å². The second-order valence-corrected chi connectivity index (χ2v) is 6.08. The van der Waals surface area contributed by atoms with Gasteiger partial charge in [-0.2, -0.15) is 0 Å². The summed E-state index contributed by atoms with van der Waals surface area (Å²) in [5.74, 6) is -0.315. The van der Waals surface area contributed by atoms with Crippen molar-refractivity contribution < 1.29 is 27.8 Å². The Kier molecular flexibility index (Phi) is 5.79. The van der Waals surface area contributed by atoms with Crippen LogP contribution in [-0.4, -0.2) is 55.6 Å². The van der Waals surface area contributed by atoms with Gasteiger partial charge in [-0.1, -0.05) is 0 Å². The zero-order valence-electron chi connectivity index (χ0n) is 10.5. The number of Topliss-reactive ketones (excluding diaryl/α,β-unsaturated/α-hetero) is 1. The van der Waals surface area contributed by atoms with Gasteiger partial charge in [-0.25, -0.2) is 4.57 Å². The van der Waals surface area contributed by atoms with Crippen molar-refractivity contribution in [2.24, 2.45) is 0 Å². The average Bonchev–Trinajstić information content (AvgIpc) is 1.99. The molecule has 0 radical (unpaired) electrons. The number of carbonyl (C=O) groups excluding carboxylic acids is 1. The summed E-state index contributed by atoms with van der Waals surface area (Å²) in [5, 5.41) is 0. The van der Waals surface area contributed by atoms with Crippen LogP contribution in [0, 0.1) is 0 Å². The summed E-state index contributed by atoms with van der Waals surface area (Å²) in [6.07, 6.45) is -0.931. The summed E-state index contributed by atoms with van der Waals surface area (Å²) in [7, 11) is 1.69. The van der Waals surface area contributed by atoms with Gasteiger partial charge in [0.2, 0.25) is 0 Å². The first kappa shape index (κ1) is 15.7. The van der Waals surface area contributed by atoms with Crippen LogP contribution >= 0.6 is 7.82 Å². The minimum Gasteiger partial charge on any atom is -0.329 e. The van der Waals surface area contributed by atoms with Crippen molar-refractivity contribution in [1.82, 2.24) is 0 Å². The minimum atomic E-state index is -4.12. The number of likely N-dealkylation sites (N-methyl/N-ethyl adjacent to an activating group) is 1. The Bertz CT molecular complexity index is 286. The van der Waals surface area contributed by atoms with Gasteiger partial charge in [0.05, 0.1) is 21.1 Å². The number of carbonyl (C=O) groups is 1. The van der Waals surface area contributed by atoms with Crippen LogP contribution < -0.4 is 0 Å². The number of rotatable bonds is 7. The monoisotopic (exact) mass is 254 g/mol. The maximum Gasteiger partial charge on any atom is 0.473 e. The summed E-state index contributed by atoms with van der Waals surface area (Å²) >= 11 is 0. The fourth-order valence-electron chi connectivity index (χ4n) is 0.735. The number of hydrogen-bond acceptors (Lipinski definition) is 4. The van der Waals surface area contributed by atoms with E-state index in [1.165, 1.54) is 13.8 Å². The van der Waals surface area contributed by atoms with Gasteiger partial charge in [0.15, 0.2) is 5.78 Å². The molecule has 0 aromatic rings. The molecule has 0 heterocycles. The van der Waals surface area contributed by atoms with E-state index in [-0.39, 0.29) is 12.4 Å². The van der Waals surface area contributed by atoms with Gasteiger partial charge < -0.3 is 9.38 Å². The highest BCUT2D eigenvalue weighted by Crippen LogP contribution is 2.44. The van der Waals surface area contributed by atoms with Crippen molar-refractivity contribution in [3.05, 3.63) is 0 Å². The van der Waals surface area contributed by atoms with Crippen LogP contribution in [-0.2, 0) is 18.4 Å². The third kappa shape index (κ3) is 7.96. The van der Waals surface area contributed by atoms with E-state index in [0.29, 0.717) is 11.0 Å². The average molecular weight is 254 g/mol. The maximum atomic E-state index is 11.4. The Morgan fingerprint density at radius 3 is 2.31 bits per heavy atom. The molecule has 0 aromatic heterocycles. The quantitative estimate of drug-likeness (QED) is 0.537. The van der Waals surface area contributed by atoms with E-state index in [0.717, 1.165) is 0 Å². The number of nitrogens with zero attached hydrogens (tertiary/aromatic N) is 1. The lowest BCUT2D eigenvalue weighted by Crippen LogP contribution is -2.37. The standard InChI is InChI=1S/C9H20NO5P/c1-8(11)9(2)15-16(12,13)14-7-6-10(3,4)5/h9H,6-7H2,1-5H3/p+1. The first-order chi connectivity index (χ1) is 7.03. The predicted octanol–water partition coefficient (Wildman–Crippen LogP) is 0.804. The molecule has 6 nitrogen and oxygen atoms in total. The molecule has 0 rings (SSSR count). The molecule has 7 heteroatoms. The van der Waals surface area contributed by atoms with E-state index >= 15 is 0 Å². The summed E-state index contributed by atoms with van der Waals surface area (Å²) in [6, 6.07) is 0. The number of phosphoric acid groups is 1. The van der Waals surface area contributed by atoms with E-state index in [9.17, 15) is 14.3 Å². The Morgan fingerprint density at radius 1 is 1.44 bits per heavy atom. The van der Waals surface area contributed by atoms with Crippen molar-refractivity contribution in [2.45, 2.75) is 20.0 Å². The molecule has 0 fully saturated rings. The van der Waals surface area contributed by atoms with Crippen molar-refractivity contribution >= 4 is 13.6 Å². The largest absolute Gasteiger partial charge is 0.473 e. The highest BCUT2D eigenvalue weighted by Gasteiger charge is 2.27. The lowest BCUT2D eigenvalue weighted by atomic mass is 10.3. The second-order valence-electron chi connectivity index (χ2n) is 4.67. The molecule has 1 N–H and O–H groups in total. The molecular formula is C9H21NO5P+. The van der Waals surface area contributed by atoms with Gasteiger partial charge in [-0.15, -0.1) is 0 Å². The van der Waals surface area contributed by atoms with E-state index in [4.69, 9.17) is 4.52 Å². The number of phosphoric ester groups is 1. The molecule has 96 valence electrons. The summed E-state index contributed by atoms with van der Waals surface area (Å²) in [4.78, 5) is 20.1. The molecule has 0 aromatic carbocycles. The molecule has 2 atom stereocenters. The highest BCUT2D eigenvalue weighted by atomic mass is 31.2. The fraction of sp³-hybridized carbons (Fsp3) is 0.889. The lowest BCUT2D eigenvalue weighted by Gasteiger charge is -2.24. The summed E-state index contributed by atoms with van der Waals surface area (Å²) in [6.45, 7) is 3.37. The van der Waals surface area contributed by atoms with Crippen molar-refractivity contribution in [3.8, 4) is 0 Å². The lowest BCUT2D eigenvalue weighted by molar-refractivity contribution is -0.870. The number of ketones is 1. The van der Waals surface area contributed by atoms with Crippen LogP contribution in [0.2, 0.25) is 0 Å². The number of hydrogen-bond donors (Lipinski definition) is 1. The van der Waals surface area contributed by atoms with Gasteiger partial charge >= 0.3 is 7.82 Å². The molecule has 0 aliphatic rings. The Morgan fingerprint density at radius 2 is 1.94 bits per heavy atom. The van der Waals surface area contributed by atoms with Crippen LogP contribution in [0.3, 0.4) is 0 Å². The number of quaternary nitrogens is 1. The molecule has 16 heavy (non-hydrogen) atoms. The molecule has 2 unspecified atom stereocenters. The minimum absolute atomic E-state index is 0.0991. The van der Waals surface area contributed by atoms with Crippen LogP contribution in [0.5, 0.6) is 0 Å². The molecule has 0 spiro atoms. The van der Waals surface area contributed by atoms with E-state index < -0.39 is 13.9 Å². The second kappa shape index (κ2) is 5.89. The van der Waals surface area contributed by atoms with Crippen LogP contribution in [0.1, 0.15) is 13.8 Å². The Labute approximate surface area is 96.4 Å². The smallest absolute Gasteiger partial charge is 0.329 e. The van der Waals surface area contributed by atoms with Crippen LogP contribution in [0.15, 0.2) is 0 Å². The zero-order valence-corrected chi connectivity index (χ0v) is 11.4.